The van der Waals surface area contributed by atoms with Crippen LogP contribution >= 0.6 is 0 Å². The van der Waals surface area contributed by atoms with Crippen molar-refractivity contribution in [3.8, 4) is 0 Å². The van der Waals surface area contributed by atoms with Crippen molar-refractivity contribution in [1.29, 1.82) is 0 Å². The van der Waals surface area contributed by atoms with Crippen molar-refractivity contribution < 1.29 is 13.9 Å². The molecule has 0 saturated heterocycles. The molecule has 2 atom stereocenters. The number of halogens is 1. The number of rotatable bonds is 5. The molecule has 2 unspecified atom stereocenters. The number of nitrogen functional groups attached to an aromatic ring is 1. The van der Waals surface area contributed by atoms with Crippen LogP contribution in [0.2, 0.25) is 0 Å². The highest BCUT2D eigenvalue weighted by Gasteiger charge is 2.24. The summed E-state index contributed by atoms with van der Waals surface area (Å²) in [5.41, 5.74) is 6.09. The number of ether oxygens (including phenoxy) is 1. The monoisotopic (exact) mass is 294 g/mol. The SMILES string of the molecule is CCC1CCCCC1OCC(=O)Nc1cc(N)ccc1F. The van der Waals surface area contributed by atoms with Gasteiger partial charge in [-0.1, -0.05) is 26.2 Å². The fourth-order valence-corrected chi connectivity index (χ4v) is 2.87. The molecule has 0 spiro atoms. The van der Waals surface area contributed by atoms with Crippen molar-refractivity contribution in [2.24, 2.45) is 5.92 Å². The van der Waals surface area contributed by atoms with E-state index in [1.807, 2.05) is 0 Å². The van der Waals surface area contributed by atoms with Gasteiger partial charge in [-0.2, -0.15) is 0 Å². The molecule has 1 aromatic carbocycles. The Morgan fingerprint density at radius 3 is 2.95 bits per heavy atom. The van der Waals surface area contributed by atoms with Gasteiger partial charge in [0.25, 0.3) is 0 Å². The molecule has 0 aliphatic heterocycles. The molecule has 4 nitrogen and oxygen atoms in total. The van der Waals surface area contributed by atoms with Crippen molar-refractivity contribution >= 4 is 17.3 Å². The minimum Gasteiger partial charge on any atom is -0.399 e. The second-order valence-corrected chi connectivity index (χ2v) is 5.59. The van der Waals surface area contributed by atoms with Crippen molar-refractivity contribution in [2.75, 3.05) is 17.7 Å². The van der Waals surface area contributed by atoms with Crippen molar-refractivity contribution in [3.05, 3.63) is 24.0 Å². The molecule has 0 aromatic heterocycles. The van der Waals surface area contributed by atoms with E-state index < -0.39 is 5.82 Å². The van der Waals surface area contributed by atoms with E-state index in [0.717, 1.165) is 25.7 Å². The van der Waals surface area contributed by atoms with E-state index in [9.17, 15) is 9.18 Å². The van der Waals surface area contributed by atoms with Gasteiger partial charge in [-0.25, -0.2) is 4.39 Å². The summed E-state index contributed by atoms with van der Waals surface area (Å²) in [4.78, 5) is 11.9. The van der Waals surface area contributed by atoms with E-state index in [1.165, 1.54) is 24.6 Å². The van der Waals surface area contributed by atoms with Crippen LogP contribution in [-0.4, -0.2) is 18.6 Å². The molecule has 0 heterocycles. The number of amides is 1. The van der Waals surface area contributed by atoms with Crippen LogP contribution < -0.4 is 11.1 Å². The summed E-state index contributed by atoms with van der Waals surface area (Å²) in [6.07, 6.45) is 5.74. The molecule has 21 heavy (non-hydrogen) atoms. The highest BCUT2D eigenvalue weighted by molar-refractivity contribution is 5.92. The minimum absolute atomic E-state index is 0.0462. The maximum Gasteiger partial charge on any atom is 0.250 e. The number of benzene rings is 1. The van der Waals surface area contributed by atoms with E-state index >= 15 is 0 Å². The Kier molecular flexibility index (Phi) is 5.56. The van der Waals surface area contributed by atoms with Gasteiger partial charge in [0.1, 0.15) is 12.4 Å². The van der Waals surface area contributed by atoms with Crippen LogP contribution in [0.3, 0.4) is 0 Å². The number of anilines is 2. The maximum absolute atomic E-state index is 13.5. The number of carbonyl (C=O) groups is 1. The third kappa shape index (κ3) is 4.43. The summed E-state index contributed by atoms with van der Waals surface area (Å²) in [6.45, 7) is 2.10. The zero-order valence-electron chi connectivity index (χ0n) is 12.4. The number of nitrogens with one attached hydrogen (secondary N) is 1. The van der Waals surface area contributed by atoms with Crippen molar-refractivity contribution in [1.82, 2.24) is 0 Å². The average Bonchev–Trinajstić information content (AvgIpc) is 2.49. The van der Waals surface area contributed by atoms with Gasteiger partial charge in [0, 0.05) is 5.69 Å². The Morgan fingerprint density at radius 2 is 2.19 bits per heavy atom. The predicted octanol–water partition coefficient (Wildman–Crippen LogP) is 3.33. The molecule has 1 aliphatic carbocycles. The van der Waals surface area contributed by atoms with Crippen molar-refractivity contribution in [3.63, 3.8) is 0 Å². The first kappa shape index (κ1) is 15.8. The average molecular weight is 294 g/mol. The molecule has 1 fully saturated rings. The lowest BCUT2D eigenvalue weighted by Crippen LogP contribution is -2.31. The van der Waals surface area contributed by atoms with Gasteiger partial charge >= 0.3 is 0 Å². The lowest BCUT2D eigenvalue weighted by molar-refractivity contribution is -0.124. The van der Waals surface area contributed by atoms with E-state index in [1.54, 1.807) is 0 Å². The van der Waals surface area contributed by atoms with Gasteiger partial charge in [0.15, 0.2) is 0 Å². The van der Waals surface area contributed by atoms with E-state index in [2.05, 4.69) is 12.2 Å². The van der Waals surface area contributed by atoms with Crippen molar-refractivity contribution in [2.45, 2.75) is 45.1 Å². The molecule has 5 heteroatoms. The van der Waals surface area contributed by atoms with Crippen LogP contribution in [0.25, 0.3) is 0 Å². The van der Waals surface area contributed by atoms with Gasteiger partial charge < -0.3 is 15.8 Å². The normalized spacial score (nSPS) is 22.0. The first-order chi connectivity index (χ1) is 10.1. The van der Waals surface area contributed by atoms with Gasteiger partial charge in [-0.05, 0) is 37.0 Å². The Labute approximate surface area is 124 Å². The second-order valence-electron chi connectivity index (χ2n) is 5.59. The second kappa shape index (κ2) is 7.41. The molecule has 116 valence electrons. The molecule has 1 aromatic rings. The van der Waals surface area contributed by atoms with E-state index in [4.69, 9.17) is 10.5 Å². The maximum atomic E-state index is 13.5. The van der Waals surface area contributed by atoms with Gasteiger partial charge in [0.2, 0.25) is 5.91 Å². The van der Waals surface area contributed by atoms with Crippen LogP contribution in [0.5, 0.6) is 0 Å². The Bertz CT molecular complexity index is 493. The summed E-state index contributed by atoms with van der Waals surface area (Å²) < 4.78 is 19.3. The molecule has 1 aliphatic rings. The summed E-state index contributed by atoms with van der Waals surface area (Å²) in [6, 6.07) is 4.10. The van der Waals surface area contributed by atoms with Gasteiger partial charge in [0.05, 0.1) is 11.8 Å². The minimum atomic E-state index is -0.498. The molecular weight excluding hydrogens is 271 g/mol. The Hall–Kier alpha value is -1.62. The smallest absolute Gasteiger partial charge is 0.250 e. The first-order valence-electron chi connectivity index (χ1n) is 7.56. The highest BCUT2D eigenvalue weighted by Crippen LogP contribution is 2.29. The predicted molar refractivity (Wildman–Crippen MR) is 81.4 cm³/mol. The van der Waals surface area contributed by atoms with Crippen LogP contribution in [0, 0.1) is 11.7 Å². The molecule has 0 bridgehead atoms. The summed E-state index contributed by atoms with van der Waals surface area (Å²) in [5, 5.41) is 2.50. The topological polar surface area (TPSA) is 64.3 Å². The summed E-state index contributed by atoms with van der Waals surface area (Å²) >= 11 is 0. The number of carbonyl (C=O) groups excluding carboxylic acids is 1. The van der Waals surface area contributed by atoms with Crippen LogP contribution in [0.15, 0.2) is 18.2 Å². The number of nitrogens with two attached hydrogens (primary N) is 1. The lowest BCUT2D eigenvalue weighted by Gasteiger charge is -2.30. The molecule has 2 rings (SSSR count). The van der Waals surface area contributed by atoms with Gasteiger partial charge in [-0.3, -0.25) is 4.79 Å². The zero-order valence-corrected chi connectivity index (χ0v) is 12.4. The fraction of sp³-hybridized carbons (Fsp3) is 0.562. The third-order valence-electron chi connectivity index (χ3n) is 4.06. The first-order valence-corrected chi connectivity index (χ1v) is 7.56. The fourth-order valence-electron chi connectivity index (χ4n) is 2.87. The Morgan fingerprint density at radius 1 is 1.43 bits per heavy atom. The largest absolute Gasteiger partial charge is 0.399 e. The summed E-state index contributed by atoms with van der Waals surface area (Å²) in [5.74, 6) is -0.322. The van der Waals surface area contributed by atoms with E-state index in [0.29, 0.717) is 11.6 Å². The molecule has 1 saturated carbocycles. The molecular formula is C16H23FN2O2. The molecule has 3 N–H and O–H groups in total. The third-order valence-corrected chi connectivity index (χ3v) is 4.06. The quantitative estimate of drug-likeness (QED) is 0.819. The molecule has 0 radical (unpaired) electrons. The van der Waals surface area contributed by atoms with Crippen LogP contribution in [0.4, 0.5) is 15.8 Å². The van der Waals surface area contributed by atoms with Crippen LogP contribution in [-0.2, 0) is 9.53 Å². The lowest BCUT2D eigenvalue weighted by atomic mass is 9.85. The summed E-state index contributed by atoms with van der Waals surface area (Å²) in [7, 11) is 0. The van der Waals surface area contributed by atoms with Crippen LogP contribution in [0.1, 0.15) is 39.0 Å². The molecule has 1 amide bonds. The number of hydrogen-bond acceptors (Lipinski definition) is 3. The standard InChI is InChI=1S/C16H23FN2O2/c1-2-11-5-3-4-6-15(11)21-10-16(20)19-14-9-12(18)7-8-13(14)17/h7-9,11,15H,2-6,10,18H2,1H3,(H,19,20). The number of hydrogen-bond donors (Lipinski definition) is 2. The van der Waals surface area contributed by atoms with Gasteiger partial charge in [-0.15, -0.1) is 0 Å². The van der Waals surface area contributed by atoms with E-state index in [-0.39, 0.29) is 24.3 Å². The zero-order chi connectivity index (χ0) is 15.2. The Balaban J connectivity index is 1.85. The highest BCUT2D eigenvalue weighted by atomic mass is 19.1.